The van der Waals surface area contributed by atoms with Crippen molar-refractivity contribution in [1.82, 2.24) is 9.80 Å². The first-order chi connectivity index (χ1) is 7.93. The fraction of sp³-hybridized carbons (Fsp3) is 0.750. The quantitative estimate of drug-likeness (QED) is 0.635. The molecule has 0 aliphatic carbocycles. The second-order valence-corrected chi connectivity index (χ2v) is 4.69. The zero-order valence-electron chi connectivity index (χ0n) is 10.6. The number of carbonyl (C=O) groups is 1. The minimum Gasteiger partial charge on any atom is -0.389 e. The number of carbonyl (C=O) groups excluding carboxylic acids is 1. The summed E-state index contributed by atoms with van der Waals surface area (Å²) < 4.78 is 0. The van der Waals surface area contributed by atoms with Crippen LogP contribution in [-0.4, -0.2) is 70.9 Å². The zero-order chi connectivity index (χ0) is 13.0. The lowest BCUT2D eigenvalue weighted by Crippen LogP contribution is -2.40. The molecule has 0 saturated carbocycles. The van der Waals surface area contributed by atoms with E-state index in [0.717, 1.165) is 5.57 Å². The maximum absolute atomic E-state index is 12.0. The van der Waals surface area contributed by atoms with Crippen molar-refractivity contribution in [3.05, 3.63) is 12.2 Å². The molecular weight excluding hydrogens is 220 g/mol. The van der Waals surface area contributed by atoms with Gasteiger partial charge in [0.2, 0.25) is 5.91 Å². The molecular formula is C12H22N2O3. The predicted octanol–water partition coefficient (Wildman–Crippen LogP) is -0.552. The molecule has 2 atom stereocenters. The summed E-state index contributed by atoms with van der Waals surface area (Å²) in [7, 11) is 0. The van der Waals surface area contributed by atoms with E-state index in [9.17, 15) is 15.0 Å². The molecule has 0 spiro atoms. The monoisotopic (exact) mass is 242 g/mol. The molecule has 0 aromatic heterocycles. The van der Waals surface area contributed by atoms with E-state index in [-0.39, 0.29) is 12.5 Å². The second-order valence-electron chi connectivity index (χ2n) is 4.69. The maximum atomic E-state index is 12.0. The molecule has 0 aromatic rings. The van der Waals surface area contributed by atoms with Gasteiger partial charge in [0.1, 0.15) is 0 Å². The number of likely N-dealkylation sites (tertiary alicyclic amines) is 1. The highest BCUT2D eigenvalue weighted by atomic mass is 16.3. The molecule has 1 saturated heterocycles. The van der Waals surface area contributed by atoms with E-state index in [4.69, 9.17) is 0 Å². The Morgan fingerprint density at radius 2 is 1.94 bits per heavy atom. The SMILES string of the molecule is C=C(C)CN(CC)C(=O)CN1CC(O)C(O)C1. The summed E-state index contributed by atoms with van der Waals surface area (Å²) in [5.41, 5.74) is 0.946. The Bertz CT molecular complexity index is 283. The molecule has 2 N–H and O–H groups in total. The predicted molar refractivity (Wildman–Crippen MR) is 65.5 cm³/mol. The third kappa shape index (κ3) is 4.11. The van der Waals surface area contributed by atoms with E-state index in [1.165, 1.54) is 0 Å². The van der Waals surface area contributed by atoms with Crippen molar-refractivity contribution >= 4 is 5.91 Å². The lowest BCUT2D eigenvalue weighted by atomic mass is 10.3. The molecule has 5 heteroatoms. The minimum absolute atomic E-state index is 0.0109. The molecule has 1 heterocycles. The van der Waals surface area contributed by atoms with Crippen LogP contribution in [0.3, 0.4) is 0 Å². The van der Waals surface area contributed by atoms with Gasteiger partial charge in [-0.05, 0) is 13.8 Å². The highest BCUT2D eigenvalue weighted by Crippen LogP contribution is 2.10. The molecule has 0 bridgehead atoms. The third-order valence-electron chi connectivity index (χ3n) is 2.89. The van der Waals surface area contributed by atoms with Gasteiger partial charge in [-0.25, -0.2) is 0 Å². The van der Waals surface area contributed by atoms with Crippen molar-refractivity contribution in [3.8, 4) is 0 Å². The Balaban J connectivity index is 2.45. The van der Waals surface area contributed by atoms with E-state index in [2.05, 4.69) is 6.58 Å². The zero-order valence-corrected chi connectivity index (χ0v) is 10.6. The number of hydrogen-bond donors (Lipinski definition) is 2. The van der Waals surface area contributed by atoms with Gasteiger partial charge in [0.05, 0.1) is 18.8 Å². The third-order valence-corrected chi connectivity index (χ3v) is 2.89. The van der Waals surface area contributed by atoms with Gasteiger partial charge in [-0.15, -0.1) is 0 Å². The van der Waals surface area contributed by atoms with Gasteiger partial charge in [0.15, 0.2) is 0 Å². The number of amides is 1. The first kappa shape index (κ1) is 14.2. The number of aliphatic hydroxyl groups excluding tert-OH is 2. The van der Waals surface area contributed by atoms with Crippen molar-refractivity contribution in [3.63, 3.8) is 0 Å². The highest BCUT2D eigenvalue weighted by molar-refractivity contribution is 5.78. The van der Waals surface area contributed by atoms with Crippen molar-refractivity contribution in [1.29, 1.82) is 0 Å². The molecule has 98 valence electrons. The summed E-state index contributed by atoms with van der Waals surface area (Å²) in [5, 5.41) is 18.8. The minimum atomic E-state index is -0.737. The average Bonchev–Trinajstić information content (AvgIpc) is 2.54. The second kappa shape index (κ2) is 6.14. The van der Waals surface area contributed by atoms with E-state index in [1.54, 1.807) is 9.80 Å². The van der Waals surface area contributed by atoms with E-state index >= 15 is 0 Å². The number of nitrogens with zero attached hydrogens (tertiary/aromatic N) is 2. The van der Waals surface area contributed by atoms with E-state index in [0.29, 0.717) is 26.2 Å². The lowest BCUT2D eigenvalue weighted by Gasteiger charge is -2.24. The molecule has 1 aliphatic heterocycles. The van der Waals surface area contributed by atoms with Crippen molar-refractivity contribution in [2.24, 2.45) is 0 Å². The van der Waals surface area contributed by atoms with Crippen LogP contribution in [0.25, 0.3) is 0 Å². The van der Waals surface area contributed by atoms with Gasteiger partial charge in [-0.1, -0.05) is 12.2 Å². The highest BCUT2D eigenvalue weighted by Gasteiger charge is 2.31. The first-order valence-electron chi connectivity index (χ1n) is 5.94. The molecule has 2 unspecified atom stereocenters. The normalized spacial score (nSPS) is 24.9. The van der Waals surface area contributed by atoms with E-state index in [1.807, 2.05) is 13.8 Å². The van der Waals surface area contributed by atoms with Gasteiger partial charge < -0.3 is 15.1 Å². The number of likely N-dealkylation sites (N-methyl/N-ethyl adjacent to an activating group) is 1. The van der Waals surface area contributed by atoms with Crippen LogP contribution in [-0.2, 0) is 4.79 Å². The van der Waals surface area contributed by atoms with Gasteiger partial charge in [-0.3, -0.25) is 9.69 Å². The van der Waals surface area contributed by atoms with Gasteiger partial charge in [0.25, 0.3) is 0 Å². The largest absolute Gasteiger partial charge is 0.389 e. The average molecular weight is 242 g/mol. The molecule has 1 aliphatic rings. The fourth-order valence-electron chi connectivity index (χ4n) is 1.97. The van der Waals surface area contributed by atoms with Crippen LogP contribution in [0.15, 0.2) is 12.2 Å². The van der Waals surface area contributed by atoms with Gasteiger partial charge in [0, 0.05) is 26.2 Å². The Hall–Kier alpha value is -0.910. The molecule has 1 fully saturated rings. The summed E-state index contributed by atoms with van der Waals surface area (Å²) in [4.78, 5) is 15.5. The van der Waals surface area contributed by atoms with Crippen molar-refractivity contribution < 1.29 is 15.0 Å². The summed E-state index contributed by atoms with van der Waals surface area (Å²) in [6.07, 6.45) is -1.47. The Morgan fingerprint density at radius 3 is 2.35 bits per heavy atom. The Labute approximate surface area is 102 Å². The fourth-order valence-corrected chi connectivity index (χ4v) is 1.97. The number of rotatable bonds is 5. The van der Waals surface area contributed by atoms with Crippen LogP contribution >= 0.6 is 0 Å². The van der Waals surface area contributed by atoms with Gasteiger partial charge >= 0.3 is 0 Å². The van der Waals surface area contributed by atoms with Crippen LogP contribution in [0.5, 0.6) is 0 Å². The van der Waals surface area contributed by atoms with E-state index < -0.39 is 12.2 Å². The Kier molecular flexibility index (Phi) is 5.11. The Morgan fingerprint density at radius 1 is 1.41 bits per heavy atom. The lowest BCUT2D eigenvalue weighted by molar-refractivity contribution is -0.131. The first-order valence-corrected chi connectivity index (χ1v) is 5.94. The molecule has 5 nitrogen and oxygen atoms in total. The van der Waals surface area contributed by atoms with Crippen LogP contribution in [0, 0.1) is 0 Å². The number of β-amino-alcohol motifs (C(OH)–C–C–N with tert-alkyl or cyclic N) is 2. The van der Waals surface area contributed by atoms with Crippen LogP contribution in [0.4, 0.5) is 0 Å². The molecule has 1 rings (SSSR count). The maximum Gasteiger partial charge on any atom is 0.237 e. The number of aliphatic hydroxyl groups is 2. The molecule has 0 aromatic carbocycles. The summed E-state index contributed by atoms with van der Waals surface area (Å²) >= 11 is 0. The summed E-state index contributed by atoms with van der Waals surface area (Å²) in [5.74, 6) is 0.0109. The van der Waals surface area contributed by atoms with Crippen molar-refractivity contribution in [2.45, 2.75) is 26.1 Å². The summed E-state index contributed by atoms with van der Waals surface area (Å²) in [6, 6.07) is 0. The summed E-state index contributed by atoms with van der Waals surface area (Å²) in [6.45, 7) is 9.78. The van der Waals surface area contributed by atoms with Crippen LogP contribution in [0.2, 0.25) is 0 Å². The topological polar surface area (TPSA) is 64.0 Å². The molecule has 1 amide bonds. The molecule has 17 heavy (non-hydrogen) atoms. The van der Waals surface area contributed by atoms with Crippen LogP contribution < -0.4 is 0 Å². The van der Waals surface area contributed by atoms with Crippen molar-refractivity contribution in [2.75, 3.05) is 32.7 Å². The smallest absolute Gasteiger partial charge is 0.237 e. The number of hydrogen-bond acceptors (Lipinski definition) is 4. The molecule has 0 radical (unpaired) electrons. The van der Waals surface area contributed by atoms with Gasteiger partial charge in [-0.2, -0.15) is 0 Å². The van der Waals surface area contributed by atoms with Crippen LogP contribution in [0.1, 0.15) is 13.8 Å². The standard InChI is InChI=1S/C12H22N2O3/c1-4-14(5-9(2)3)12(17)8-13-6-10(15)11(16)7-13/h10-11,15-16H,2,4-8H2,1,3H3.